The van der Waals surface area contributed by atoms with Crippen LogP contribution < -0.4 is 5.73 Å². The number of likely N-dealkylation sites (N-methyl/N-ethyl adjacent to an activating group) is 1. The molecule has 0 saturated carbocycles. The van der Waals surface area contributed by atoms with E-state index in [0.29, 0.717) is 35.0 Å². The Morgan fingerprint density at radius 2 is 1.97 bits per heavy atom. The topological polar surface area (TPSA) is 145 Å². The summed E-state index contributed by atoms with van der Waals surface area (Å²) < 4.78 is 60.8. The zero-order chi connectivity index (χ0) is 28.6. The average Bonchev–Trinajstić information content (AvgIpc) is 3.52. The van der Waals surface area contributed by atoms with E-state index in [2.05, 4.69) is 0 Å². The largest absolute Gasteiger partial charge is 0.490 e. The lowest BCUT2D eigenvalue weighted by Gasteiger charge is -2.23. The first-order valence-electron chi connectivity index (χ1n) is 10.7. The number of amidine groups is 1. The van der Waals surface area contributed by atoms with Crippen molar-refractivity contribution in [1.82, 2.24) is 9.21 Å². The van der Waals surface area contributed by atoms with Gasteiger partial charge >= 0.3 is 12.1 Å². The van der Waals surface area contributed by atoms with E-state index in [0.717, 1.165) is 15.6 Å². The van der Waals surface area contributed by atoms with Crippen LogP contribution in [0.25, 0.3) is 10.1 Å². The van der Waals surface area contributed by atoms with Crippen LogP contribution in [-0.4, -0.2) is 66.3 Å². The van der Waals surface area contributed by atoms with Gasteiger partial charge in [0.1, 0.15) is 16.1 Å². The number of amides is 1. The maximum absolute atomic E-state index is 13.4. The number of thiophene rings is 2. The van der Waals surface area contributed by atoms with Crippen LogP contribution in [0.4, 0.5) is 13.2 Å². The fraction of sp³-hybridized carbons (Fsp3) is 0.318. The van der Waals surface area contributed by atoms with Crippen molar-refractivity contribution in [1.29, 1.82) is 5.41 Å². The van der Waals surface area contributed by atoms with E-state index in [1.54, 1.807) is 30.0 Å². The zero-order valence-electron chi connectivity index (χ0n) is 19.9. The van der Waals surface area contributed by atoms with Crippen LogP contribution in [0.15, 0.2) is 33.9 Å². The van der Waals surface area contributed by atoms with Crippen molar-refractivity contribution in [3.63, 3.8) is 0 Å². The molecule has 4 rings (SSSR count). The molecule has 0 radical (unpaired) electrons. The lowest BCUT2D eigenvalue weighted by molar-refractivity contribution is -0.192. The monoisotopic (exact) mass is 610 g/mol. The highest BCUT2D eigenvalue weighted by molar-refractivity contribution is 7.91. The molecule has 1 aliphatic heterocycles. The molecule has 1 aliphatic rings. The molecular weight excluding hydrogens is 589 g/mol. The van der Waals surface area contributed by atoms with E-state index in [-0.39, 0.29) is 16.0 Å². The second-order valence-electron chi connectivity index (χ2n) is 8.28. The molecular formula is C22H22ClF3N4O5S3. The van der Waals surface area contributed by atoms with Gasteiger partial charge in [-0.3, -0.25) is 10.2 Å². The molecule has 38 heavy (non-hydrogen) atoms. The molecule has 0 aliphatic carbocycles. The molecule has 3 aromatic rings. The zero-order valence-corrected chi connectivity index (χ0v) is 23.1. The fourth-order valence-electron chi connectivity index (χ4n) is 3.75. The van der Waals surface area contributed by atoms with Gasteiger partial charge in [0.15, 0.2) is 0 Å². The third-order valence-corrected chi connectivity index (χ3v) is 10.7. The summed E-state index contributed by atoms with van der Waals surface area (Å²) in [4.78, 5) is 24.2. The predicted octanol–water partition coefficient (Wildman–Crippen LogP) is 4.26. The van der Waals surface area contributed by atoms with Crippen LogP contribution in [0, 0.1) is 12.3 Å². The van der Waals surface area contributed by atoms with Crippen molar-refractivity contribution < 1.29 is 36.3 Å². The van der Waals surface area contributed by atoms with Gasteiger partial charge in [-0.15, -0.1) is 22.7 Å². The van der Waals surface area contributed by atoms with Gasteiger partial charge in [-0.05, 0) is 59.5 Å². The molecule has 1 aromatic carbocycles. The minimum absolute atomic E-state index is 0.00677. The van der Waals surface area contributed by atoms with E-state index < -0.39 is 28.2 Å². The number of nitrogen functional groups attached to an aromatic ring is 1. The third kappa shape index (κ3) is 6.29. The van der Waals surface area contributed by atoms with Gasteiger partial charge in [0.05, 0.1) is 4.88 Å². The van der Waals surface area contributed by atoms with Crippen LogP contribution in [0.5, 0.6) is 0 Å². The number of carbonyl (C=O) groups excluding carboxylic acids is 1. The Morgan fingerprint density at radius 1 is 1.34 bits per heavy atom. The highest BCUT2D eigenvalue weighted by atomic mass is 35.5. The minimum Gasteiger partial charge on any atom is -0.475 e. The Labute approximate surface area is 228 Å². The maximum Gasteiger partial charge on any atom is 0.490 e. The molecule has 0 spiro atoms. The first kappa shape index (κ1) is 29.8. The van der Waals surface area contributed by atoms with E-state index in [1.807, 2.05) is 11.4 Å². The number of sulfonamides is 1. The number of halogens is 4. The Kier molecular flexibility index (Phi) is 8.77. The van der Waals surface area contributed by atoms with Gasteiger partial charge in [-0.25, -0.2) is 13.2 Å². The molecule has 2 aromatic heterocycles. The Hall–Kier alpha value is -2.72. The summed E-state index contributed by atoms with van der Waals surface area (Å²) in [6, 6.07) is 6.36. The fourth-order valence-corrected chi connectivity index (χ4v) is 7.94. The number of likely N-dealkylation sites (tertiary alicyclic amines) is 1. The number of rotatable bonds is 6. The van der Waals surface area contributed by atoms with Crippen LogP contribution in [0.2, 0.25) is 5.02 Å². The van der Waals surface area contributed by atoms with Crippen molar-refractivity contribution >= 4 is 72.1 Å². The molecule has 4 N–H and O–H groups in total. The Bertz CT molecular complexity index is 1500. The molecule has 9 nitrogen and oxygen atoms in total. The van der Waals surface area contributed by atoms with Crippen molar-refractivity contribution in [2.24, 2.45) is 5.73 Å². The number of hydrogen-bond acceptors (Lipinski definition) is 7. The number of aliphatic carboxylic acids is 1. The number of fused-ring (bicyclic) bond motifs is 1. The van der Waals surface area contributed by atoms with Crippen molar-refractivity contribution in [3.05, 3.63) is 50.7 Å². The summed E-state index contributed by atoms with van der Waals surface area (Å²) in [5, 5.41) is 17.9. The summed E-state index contributed by atoms with van der Waals surface area (Å²) in [6.45, 7) is 2.60. The molecule has 1 saturated heterocycles. The Balaban J connectivity index is 0.000000505. The number of benzene rings is 1. The normalized spacial score (nSPS) is 16.1. The molecule has 3 heterocycles. The summed E-state index contributed by atoms with van der Waals surface area (Å²) in [7, 11) is -2.38. The number of carbonyl (C=O) groups is 2. The summed E-state index contributed by atoms with van der Waals surface area (Å²) in [5.41, 5.74) is 7.04. The van der Waals surface area contributed by atoms with Gasteiger partial charge in [0.2, 0.25) is 5.91 Å². The van der Waals surface area contributed by atoms with Gasteiger partial charge in [-0.1, -0.05) is 11.6 Å². The predicted molar refractivity (Wildman–Crippen MR) is 139 cm³/mol. The maximum atomic E-state index is 13.4. The number of aryl methyl sites for hydroxylation is 1. The second-order valence-corrected chi connectivity index (χ2v) is 12.9. The van der Waals surface area contributed by atoms with Gasteiger partial charge in [0, 0.05) is 29.9 Å². The van der Waals surface area contributed by atoms with Gasteiger partial charge < -0.3 is 15.7 Å². The number of alkyl halides is 3. The van der Waals surface area contributed by atoms with E-state index >= 15 is 0 Å². The van der Waals surface area contributed by atoms with Gasteiger partial charge in [-0.2, -0.15) is 17.5 Å². The first-order chi connectivity index (χ1) is 17.5. The average molecular weight is 611 g/mol. The van der Waals surface area contributed by atoms with Crippen LogP contribution in [0.3, 0.4) is 0 Å². The van der Waals surface area contributed by atoms with E-state index in [9.17, 15) is 26.4 Å². The second kappa shape index (κ2) is 11.2. The van der Waals surface area contributed by atoms with Crippen molar-refractivity contribution in [3.8, 4) is 0 Å². The highest BCUT2D eigenvalue weighted by Gasteiger charge is 2.41. The molecule has 1 amide bonds. The minimum atomic E-state index is -5.08. The number of hydrogen-bond donors (Lipinski definition) is 3. The van der Waals surface area contributed by atoms with Crippen LogP contribution >= 0.6 is 34.3 Å². The molecule has 1 unspecified atom stereocenters. The van der Waals surface area contributed by atoms with Crippen molar-refractivity contribution in [2.75, 3.05) is 13.6 Å². The molecule has 16 heteroatoms. The van der Waals surface area contributed by atoms with Crippen molar-refractivity contribution in [2.45, 2.75) is 36.3 Å². The number of carboxylic acid groups (broad SMARTS) is 1. The number of nitrogens with one attached hydrogen (secondary N) is 1. The smallest absolute Gasteiger partial charge is 0.475 e. The standard InChI is InChI=1S/C20H21ClN4O3S3.C2HF3O2/c1-11-14-8-13(21)3-4-16(14)30-20(11)31(27,28)24(2)15-5-6-25(19(15)26)9-12-7-17(18(22)23)29-10-12;3-2(4,5)1(6)7/h3-4,7-8,10,15H,5-6,9H2,1-2H3,(H3,22,23);(H,6,7). The van der Waals surface area contributed by atoms with Crippen LogP contribution in [-0.2, 0) is 26.2 Å². The summed E-state index contributed by atoms with van der Waals surface area (Å²) in [5.74, 6) is -2.98. The lowest BCUT2D eigenvalue weighted by Crippen LogP contribution is -2.42. The Morgan fingerprint density at radius 3 is 2.53 bits per heavy atom. The first-order valence-corrected chi connectivity index (χ1v) is 14.2. The van der Waals surface area contributed by atoms with Gasteiger partial charge in [0.25, 0.3) is 10.0 Å². The molecule has 0 bridgehead atoms. The molecule has 206 valence electrons. The SMILES string of the molecule is Cc1c(S(=O)(=O)N(C)C2CCN(Cc3csc(C(=N)N)c3)C2=O)sc2ccc(Cl)cc12.O=C(O)C(F)(F)F. The number of carboxylic acids is 1. The quantitative estimate of drug-likeness (QED) is 0.281. The third-order valence-electron chi connectivity index (χ3n) is 5.71. The van der Waals surface area contributed by atoms with E-state index in [1.165, 1.54) is 34.0 Å². The van der Waals surface area contributed by atoms with Crippen LogP contribution in [0.1, 0.15) is 22.4 Å². The highest BCUT2D eigenvalue weighted by Crippen LogP contribution is 2.38. The molecule has 1 fully saturated rings. The summed E-state index contributed by atoms with van der Waals surface area (Å²) >= 11 is 8.62. The lowest BCUT2D eigenvalue weighted by atomic mass is 10.2. The molecule has 1 atom stereocenters. The summed E-state index contributed by atoms with van der Waals surface area (Å²) in [6.07, 6.45) is -4.66. The number of nitrogens with zero attached hydrogens (tertiary/aromatic N) is 2. The van der Waals surface area contributed by atoms with E-state index in [4.69, 9.17) is 32.6 Å². The number of nitrogens with two attached hydrogens (primary N) is 1.